The van der Waals surface area contributed by atoms with Gasteiger partial charge in [0.1, 0.15) is 11.3 Å². The smallest absolute Gasteiger partial charge is 0.418 e. The van der Waals surface area contributed by atoms with Crippen LogP contribution in [0.4, 0.5) is 13.2 Å². The molecule has 0 spiro atoms. The van der Waals surface area contributed by atoms with E-state index in [0.717, 1.165) is 6.07 Å². The molecule has 2 aromatic heterocycles. The van der Waals surface area contributed by atoms with Crippen molar-refractivity contribution in [3.05, 3.63) is 53.5 Å². The van der Waals surface area contributed by atoms with E-state index in [9.17, 15) is 23.1 Å². The highest BCUT2D eigenvalue weighted by atomic mass is 19.4. The van der Waals surface area contributed by atoms with Crippen LogP contribution in [0.5, 0.6) is 0 Å². The molecule has 0 saturated heterocycles. The Bertz CT molecular complexity index is 951. The number of aromatic nitrogens is 3. The monoisotopic (exact) mass is 351 g/mol. The first-order valence-corrected chi connectivity index (χ1v) is 7.09. The fourth-order valence-electron chi connectivity index (χ4n) is 2.54. The Kier molecular flexibility index (Phi) is 4.17. The number of pyridine rings is 1. The number of hydrogen-bond acceptors (Lipinski definition) is 4. The largest absolute Gasteiger partial charge is 0.478 e. The van der Waals surface area contributed by atoms with Gasteiger partial charge in [-0.25, -0.2) is 9.48 Å². The van der Waals surface area contributed by atoms with Gasteiger partial charge in [-0.05, 0) is 12.1 Å². The van der Waals surface area contributed by atoms with Crippen molar-refractivity contribution in [1.82, 2.24) is 14.8 Å². The molecule has 2 heterocycles. The number of alkyl halides is 3. The normalized spacial score (nSPS) is 11.8. The molecule has 0 fully saturated rings. The van der Waals surface area contributed by atoms with Crippen LogP contribution in [0.15, 0.2) is 36.7 Å². The summed E-state index contributed by atoms with van der Waals surface area (Å²) in [6, 6.07) is 5.16. The van der Waals surface area contributed by atoms with Gasteiger partial charge >= 0.3 is 12.1 Å². The topological polar surface area (TPSA) is 77.2 Å². The van der Waals surface area contributed by atoms with Crippen LogP contribution in [-0.4, -0.2) is 33.0 Å². The second-order valence-electron chi connectivity index (χ2n) is 5.20. The minimum absolute atomic E-state index is 0.0363. The summed E-state index contributed by atoms with van der Waals surface area (Å²) in [4.78, 5) is 15.2. The van der Waals surface area contributed by atoms with Gasteiger partial charge in [0.25, 0.3) is 0 Å². The van der Waals surface area contributed by atoms with Crippen LogP contribution in [0.1, 0.15) is 21.6 Å². The third-order valence-corrected chi connectivity index (χ3v) is 3.60. The number of carboxylic acid groups (broad SMARTS) is 1. The van der Waals surface area contributed by atoms with Gasteiger partial charge in [0.2, 0.25) is 0 Å². The van der Waals surface area contributed by atoms with Gasteiger partial charge in [0.15, 0.2) is 0 Å². The zero-order chi connectivity index (χ0) is 18.2. The van der Waals surface area contributed by atoms with Crippen molar-refractivity contribution >= 4 is 16.9 Å². The molecule has 0 atom stereocenters. The van der Waals surface area contributed by atoms with Gasteiger partial charge in [-0.15, -0.1) is 0 Å². The number of hydrogen-bond donors (Lipinski definition) is 1. The summed E-state index contributed by atoms with van der Waals surface area (Å²) in [7, 11) is 1.39. The quantitative estimate of drug-likeness (QED) is 0.780. The highest BCUT2D eigenvalue weighted by molar-refractivity contribution is 5.91. The van der Waals surface area contributed by atoms with Crippen LogP contribution in [0.3, 0.4) is 0 Å². The van der Waals surface area contributed by atoms with E-state index in [1.807, 2.05) is 0 Å². The molecule has 0 aliphatic rings. The van der Waals surface area contributed by atoms with Crippen molar-refractivity contribution in [2.24, 2.45) is 0 Å². The lowest BCUT2D eigenvalue weighted by Gasteiger charge is -2.12. The zero-order valence-corrected chi connectivity index (χ0v) is 12.9. The third-order valence-electron chi connectivity index (χ3n) is 3.60. The zero-order valence-electron chi connectivity index (χ0n) is 12.9. The molecule has 0 aliphatic heterocycles. The fraction of sp³-hybridized carbons (Fsp3) is 0.188. The average molecular weight is 351 g/mol. The lowest BCUT2D eigenvalue weighted by molar-refractivity contribution is -0.136. The van der Waals surface area contributed by atoms with Crippen LogP contribution in [0.25, 0.3) is 16.6 Å². The maximum Gasteiger partial charge on any atom is 0.418 e. The number of nitrogens with zero attached hydrogens (tertiary/aromatic N) is 3. The minimum Gasteiger partial charge on any atom is -0.478 e. The van der Waals surface area contributed by atoms with E-state index in [-0.39, 0.29) is 28.8 Å². The summed E-state index contributed by atoms with van der Waals surface area (Å²) in [6.45, 7) is -0.0363. The maximum absolute atomic E-state index is 13.2. The Morgan fingerprint density at radius 3 is 2.72 bits per heavy atom. The van der Waals surface area contributed by atoms with Crippen molar-refractivity contribution in [3.63, 3.8) is 0 Å². The summed E-state index contributed by atoms with van der Waals surface area (Å²) in [5.41, 5.74) is -0.713. The number of rotatable bonds is 4. The van der Waals surface area contributed by atoms with Crippen LogP contribution >= 0.6 is 0 Å². The second-order valence-corrected chi connectivity index (χ2v) is 5.20. The minimum atomic E-state index is -4.55. The summed E-state index contributed by atoms with van der Waals surface area (Å²) < 4.78 is 45.7. The average Bonchev–Trinajstić information content (AvgIpc) is 2.97. The van der Waals surface area contributed by atoms with Crippen LogP contribution in [0, 0.1) is 0 Å². The van der Waals surface area contributed by atoms with Crippen molar-refractivity contribution < 1.29 is 27.8 Å². The summed E-state index contributed by atoms with van der Waals surface area (Å²) in [6.07, 6.45) is -2.08. The van der Waals surface area contributed by atoms with E-state index in [1.54, 1.807) is 0 Å². The number of carbonyl (C=O) groups is 1. The van der Waals surface area contributed by atoms with Gasteiger partial charge in [-0.3, -0.25) is 4.98 Å². The molecule has 0 bridgehead atoms. The van der Waals surface area contributed by atoms with E-state index >= 15 is 0 Å². The third kappa shape index (κ3) is 3.05. The molecule has 0 unspecified atom stereocenters. The Hall–Kier alpha value is -2.94. The van der Waals surface area contributed by atoms with Gasteiger partial charge < -0.3 is 9.84 Å². The van der Waals surface area contributed by atoms with Gasteiger partial charge in [0.05, 0.1) is 23.4 Å². The van der Waals surface area contributed by atoms with Gasteiger partial charge in [0, 0.05) is 24.9 Å². The van der Waals surface area contributed by atoms with Gasteiger partial charge in [-0.2, -0.15) is 18.3 Å². The number of halogens is 3. The molecule has 25 heavy (non-hydrogen) atoms. The molecule has 0 amide bonds. The second kappa shape index (κ2) is 6.17. The number of para-hydroxylation sites is 1. The molecule has 1 aromatic carbocycles. The molecule has 9 heteroatoms. The number of methoxy groups -OCH3 is 1. The number of fused-ring (bicyclic) bond motifs is 1. The maximum atomic E-state index is 13.2. The van der Waals surface area contributed by atoms with Gasteiger partial charge in [-0.1, -0.05) is 12.1 Å². The Morgan fingerprint density at radius 2 is 2.08 bits per heavy atom. The first-order chi connectivity index (χ1) is 11.8. The lowest BCUT2D eigenvalue weighted by Crippen LogP contribution is -2.07. The highest BCUT2D eigenvalue weighted by Gasteiger charge is 2.33. The molecule has 0 aliphatic carbocycles. The molecule has 1 N–H and O–H groups in total. The van der Waals surface area contributed by atoms with E-state index in [1.165, 1.54) is 42.4 Å². The van der Waals surface area contributed by atoms with E-state index in [2.05, 4.69) is 10.1 Å². The summed E-state index contributed by atoms with van der Waals surface area (Å²) >= 11 is 0. The van der Waals surface area contributed by atoms with Crippen molar-refractivity contribution in [3.8, 4) is 5.69 Å². The molecule has 3 aromatic rings. The standard InChI is InChI=1S/C16H12F3N3O3/c1-25-8-12-10(15(23)24)7-22(21-12)13-5-6-20-14-9(13)3-2-4-11(14)16(17,18)19/h2-7H,8H2,1H3,(H,23,24). The summed E-state index contributed by atoms with van der Waals surface area (Å²) in [5, 5.41) is 13.6. The molecule has 0 radical (unpaired) electrons. The SMILES string of the molecule is COCc1nn(-c2ccnc3c(C(F)(F)F)cccc23)cc1C(=O)O. The molecule has 0 saturated carbocycles. The van der Waals surface area contributed by atoms with Crippen LogP contribution in [-0.2, 0) is 17.5 Å². The Labute approximate surface area is 139 Å². The molecule has 130 valence electrons. The van der Waals surface area contributed by atoms with Crippen molar-refractivity contribution in [2.45, 2.75) is 12.8 Å². The van der Waals surface area contributed by atoms with Crippen molar-refractivity contribution in [1.29, 1.82) is 0 Å². The van der Waals surface area contributed by atoms with Crippen molar-refractivity contribution in [2.75, 3.05) is 7.11 Å². The van der Waals surface area contributed by atoms with E-state index in [4.69, 9.17) is 4.74 Å². The molecule has 6 nitrogen and oxygen atoms in total. The lowest BCUT2D eigenvalue weighted by atomic mass is 10.1. The molecular formula is C16H12F3N3O3. The molecular weight excluding hydrogens is 339 g/mol. The number of carboxylic acids is 1. The van der Waals surface area contributed by atoms with Crippen LogP contribution < -0.4 is 0 Å². The fourth-order valence-corrected chi connectivity index (χ4v) is 2.54. The summed E-state index contributed by atoms with van der Waals surface area (Å²) in [5.74, 6) is -1.20. The Morgan fingerprint density at radius 1 is 1.32 bits per heavy atom. The first kappa shape index (κ1) is 16.9. The first-order valence-electron chi connectivity index (χ1n) is 7.09. The van der Waals surface area contributed by atoms with E-state index in [0.29, 0.717) is 5.69 Å². The predicted molar refractivity (Wildman–Crippen MR) is 81.5 cm³/mol. The highest BCUT2D eigenvalue weighted by Crippen LogP contribution is 2.35. The number of ether oxygens (including phenoxy) is 1. The van der Waals surface area contributed by atoms with Crippen LogP contribution in [0.2, 0.25) is 0 Å². The Balaban J connectivity index is 2.24. The predicted octanol–water partition coefficient (Wildman–Crippen LogP) is 3.28. The van der Waals surface area contributed by atoms with E-state index < -0.39 is 17.7 Å². The molecule has 3 rings (SSSR count). The number of aromatic carboxylic acids is 1. The number of benzene rings is 1.